The van der Waals surface area contributed by atoms with E-state index in [4.69, 9.17) is 0 Å². The molecule has 0 spiro atoms. The lowest BCUT2D eigenvalue weighted by molar-refractivity contribution is 0.706. The summed E-state index contributed by atoms with van der Waals surface area (Å²) in [6, 6.07) is 21.0. The van der Waals surface area contributed by atoms with E-state index in [1.807, 2.05) is 24.4 Å². The molecule has 3 rings (SSSR count). The number of anilines is 1. The van der Waals surface area contributed by atoms with E-state index in [-0.39, 0.29) is 0 Å². The largest absolute Gasteiger partial charge is 0.384 e. The minimum atomic E-state index is 0.562. The number of hydrogen-bond acceptors (Lipinski definition) is 2. The highest BCUT2D eigenvalue weighted by molar-refractivity contribution is 5.81. The van der Waals surface area contributed by atoms with Crippen molar-refractivity contribution in [2.75, 3.05) is 11.9 Å². The van der Waals surface area contributed by atoms with Gasteiger partial charge in [0.15, 0.2) is 0 Å². The molecule has 1 N–H and O–H groups in total. The normalized spacial score (nSPS) is 12.2. The van der Waals surface area contributed by atoms with Crippen LogP contribution in [0.25, 0.3) is 10.9 Å². The van der Waals surface area contributed by atoms with E-state index >= 15 is 0 Å². The van der Waals surface area contributed by atoms with Crippen LogP contribution in [0.5, 0.6) is 0 Å². The van der Waals surface area contributed by atoms with Gasteiger partial charge in [0.05, 0.1) is 17.4 Å². The molecule has 0 bridgehead atoms. The van der Waals surface area contributed by atoms with Gasteiger partial charge in [0.1, 0.15) is 0 Å². The van der Waals surface area contributed by atoms with Crippen molar-refractivity contribution in [1.82, 2.24) is 4.98 Å². The summed E-state index contributed by atoms with van der Waals surface area (Å²) >= 11 is 0. The van der Waals surface area contributed by atoms with Gasteiger partial charge in [-0.1, -0.05) is 55.5 Å². The van der Waals surface area contributed by atoms with Crippen molar-refractivity contribution in [3.05, 3.63) is 72.4 Å². The molecule has 1 heterocycles. The first-order valence-electron chi connectivity index (χ1n) is 7.46. The van der Waals surface area contributed by atoms with Gasteiger partial charge in [-0.3, -0.25) is 4.98 Å². The lowest BCUT2D eigenvalue weighted by atomic mass is 9.98. The summed E-state index contributed by atoms with van der Waals surface area (Å²) in [5.74, 6) is 0.562. The fraction of sp³-hybridized carbons (Fsp3) is 0.211. The lowest BCUT2D eigenvalue weighted by Crippen LogP contribution is -2.06. The maximum atomic E-state index is 4.47. The van der Waals surface area contributed by atoms with Gasteiger partial charge in [0.2, 0.25) is 0 Å². The quantitative estimate of drug-likeness (QED) is 0.721. The Kier molecular flexibility index (Phi) is 4.15. The predicted octanol–water partition coefficient (Wildman–Crippen LogP) is 4.84. The summed E-state index contributed by atoms with van der Waals surface area (Å²) in [6.45, 7) is 3.23. The van der Waals surface area contributed by atoms with Crippen molar-refractivity contribution in [3.63, 3.8) is 0 Å². The molecular weight excluding hydrogens is 256 g/mol. The number of aromatic nitrogens is 1. The number of benzene rings is 2. The summed E-state index contributed by atoms with van der Waals surface area (Å²) in [6.07, 6.45) is 3.02. The third-order valence-corrected chi connectivity index (χ3v) is 3.87. The Morgan fingerprint density at radius 2 is 1.76 bits per heavy atom. The Hall–Kier alpha value is -2.35. The molecule has 0 saturated carbocycles. The Bertz CT molecular complexity index is 707. The molecule has 0 saturated heterocycles. The molecule has 21 heavy (non-hydrogen) atoms. The molecule has 2 heteroatoms. The van der Waals surface area contributed by atoms with Crippen LogP contribution >= 0.6 is 0 Å². The van der Waals surface area contributed by atoms with Gasteiger partial charge >= 0.3 is 0 Å². The highest BCUT2D eigenvalue weighted by atomic mass is 14.9. The molecule has 2 nitrogen and oxygen atoms in total. The Morgan fingerprint density at radius 1 is 1.00 bits per heavy atom. The number of rotatable bonds is 5. The number of hydrogen-bond donors (Lipinski definition) is 1. The van der Waals surface area contributed by atoms with E-state index in [0.29, 0.717) is 5.92 Å². The first-order chi connectivity index (χ1) is 10.3. The van der Waals surface area contributed by atoms with Crippen molar-refractivity contribution in [2.45, 2.75) is 19.3 Å². The predicted molar refractivity (Wildman–Crippen MR) is 89.7 cm³/mol. The average molecular weight is 276 g/mol. The van der Waals surface area contributed by atoms with Crippen LogP contribution in [0.1, 0.15) is 24.8 Å². The van der Waals surface area contributed by atoms with E-state index in [1.165, 1.54) is 10.9 Å². The van der Waals surface area contributed by atoms with E-state index in [0.717, 1.165) is 24.2 Å². The molecule has 0 fully saturated rings. The second-order valence-corrected chi connectivity index (χ2v) is 5.44. The van der Waals surface area contributed by atoms with Crippen LogP contribution in [-0.4, -0.2) is 11.5 Å². The molecule has 1 aromatic heterocycles. The molecule has 2 aromatic carbocycles. The van der Waals surface area contributed by atoms with E-state index in [2.05, 4.69) is 59.7 Å². The molecule has 106 valence electrons. The fourth-order valence-corrected chi connectivity index (χ4v) is 2.55. The first kappa shape index (κ1) is 13.6. The van der Waals surface area contributed by atoms with Crippen LogP contribution in [-0.2, 0) is 0 Å². The summed E-state index contributed by atoms with van der Waals surface area (Å²) < 4.78 is 0. The molecule has 1 unspecified atom stereocenters. The van der Waals surface area contributed by atoms with Gasteiger partial charge in [-0.05, 0) is 30.0 Å². The standard InChI is InChI=1S/C19H20N2/c1-15(16-7-3-2-4-8-16)11-12-20-18-13-17-9-5-6-10-19(17)21-14-18/h2-10,13-15,20H,11-12H2,1H3. The van der Waals surface area contributed by atoms with Crippen molar-refractivity contribution in [3.8, 4) is 0 Å². The highest BCUT2D eigenvalue weighted by Crippen LogP contribution is 2.20. The summed E-state index contributed by atoms with van der Waals surface area (Å²) in [7, 11) is 0. The lowest BCUT2D eigenvalue weighted by Gasteiger charge is -2.13. The summed E-state index contributed by atoms with van der Waals surface area (Å²) in [4.78, 5) is 4.47. The minimum absolute atomic E-state index is 0.562. The molecule has 0 radical (unpaired) electrons. The zero-order valence-corrected chi connectivity index (χ0v) is 12.3. The third kappa shape index (κ3) is 3.40. The van der Waals surface area contributed by atoms with Crippen LogP contribution in [0.4, 0.5) is 5.69 Å². The van der Waals surface area contributed by atoms with Crippen molar-refractivity contribution >= 4 is 16.6 Å². The van der Waals surface area contributed by atoms with Gasteiger partial charge in [0.25, 0.3) is 0 Å². The SMILES string of the molecule is CC(CCNc1cnc2ccccc2c1)c1ccccc1. The van der Waals surface area contributed by atoms with Crippen LogP contribution in [0.3, 0.4) is 0 Å². The number of nitrogens with one attached hydrogen (secondary N) is 1. The smallest absolute Gasteiger partial charge is 0.0703 e. The maximum absolute atomic E-state index is 4.47. The Labute approximate surface area is 125 Å². The van der Waals surface area contributed by atoms with Gasteiger partial charge < -0.3 is 5.32 Å². The average Bonchev–Trinajstić information content (AvgIpc) is 2.55. The Balaban J connectivity index is 1.59. The van der Waals surface area contributed by atoms with E-state index < -0.39 is 0 Å². The topological polar surface area (TPSA) is 24.9 Å². The fourth-order valence-electron chi connectivity index (χ4n) is 2.55. The van der Waals surface area contributed by atoms with Crippen molar-refractivity contribution in [1.29, 1.82) is 0 Å². The van der Waals surface area contributed by atoms with Crippen molar-refractivity contribution in [2.24, 2.45) is 0 Å². The van der Waals surface area contributed by atoms with Gasteiger partial charge in [-0.15, -0.1) is 0 Å². The third-order valence-electron chi connectivity index (χ3n) is 3.87. The van der Waals surface area contributed by atoms with E-state index in [1.54, 1.807) is 0 Å². The second-order valence-electron chi connectivity index (χ2n) is 5.44. The van der Waals surface area contributed by atoms with Gasteiger partial charge in [-0.25, -0.2) is 0 Å². The summed E-state index contributed by atoms with van der Waals surface area (Å²) in [5.41, 5.74) is 3.53. The van der Waals surface area contributed by atoms with Gasteiger partial charge in [-0.2, -0.15) is 0 Å². The number of fused-ring (bicyclic) bond motifs is 1. The molecular formula is C19H20N2. The first-order valence-corrected chi connectivity index (χ1v) is 7.46. The molecule has 0 amide bonds. The van der Waals surface area contributed by atoms with Crippen molar-refractivity contribution < 1.29 is 0 Å². The zero-order chi connectivity index (χ0) is 14.5. The highest BCUT2D eigenvalue weighted by Gasteiger charge is 2.04. The molecule has 1 atom stereocenters. The number of pyridine rings is 1. The molecule has 0 aliphatic rings. The molecule has 0 aliphatic carbocycles. The van der Waals surface area contributed by atoms with E-state index in [9.17, 15) is 0 Å². The van der Waals surface area contributed by atoms with Gasteiger partial charge in [0, 0.05) is 11.9 Å². The minimum Gasteiger partial charge on any atom is -0.384 e. The Morgan fingerprint density at radius 3 is 2.62 bits per heavy atom. The molecule has 3 aromatic rings. The number of para-hydroxylation sites is 1. The monoisotopic (exact) mass is 276 g/mol. The van der Waals surface area contributed by atoms with Crippen LogP contribution in [0.2, 0.25) is 0 Å². The summed E-state index contributed by atoms with van der Waals surface area (Å²) in [5, 5.41) is 4.65. The second kappa shape index (κ2) is 6.40. The number of nitrogens with zero attached hydrogens (tertiary/aromatic N) is 1. The van der Waals surface area contributed by atoms with Crippen LogP contribution < -0.4 is 5.32 Å². The maximum Gasteiger partial charge on any atom is 0.0703 e. The molecule has 0 aliphatic heterocycles. The van der Waals surface area contributed by atoms with Crippen LogP contribution in [0, 0.1) is 0 Å². The van der Waals surface area contributed by atoms with Crippen LogP contribution in [0.15, 0.2) is 66.9 Å². The zero-order valence-electron chi connectivity index (χ0n) is 12.3.